The van der Waals surface area contributed by atoms with Gasteiger partial charge in [-0.05, 0) is 31.2 Å². The van der Waals surface area contributed by atoms with Crippen LogP contribution in [-0.2, 0) is 6.18 Å². The van der Waals surface area contributed by atoms with E-state index < -0.39 is 30.9 Å². The van der Waals surface area contributed by atoms with Crippen LogP contribution >= 0.6 is 24.0 Å². The first kappa shape index (κ1) is 24.6. The van der Waals surface area contributed by atoms with Crippen LogP contribution < -0.4 is 15.4 Å². The Bertz CT molecular complexity index is 546. The standard InChI is InChI=1S/C15H19F6N3O.HI/c1-2-22-13(23-8-7-14(16,17)18)24-9-10-25-12-5-3-11(4-6-12)15(19,20)21;/h3-6H,2,7-10H2,1H3,(H2,22,23,24);1H. The van der Waals surface area contributed by atoms with Gasteiger partial charge in [-0.15, -0.1) is 24.0 Å². The highest BCUT2D eigenvalue weighted by Crippen LogP contribution is 2.30. The van der Waals surface area contributed by atoms with Gasteiger partial charge >= 0.3 is 12.4 Å². The van der Waals surface area contributed by atoms with Gasteiger partial charge in [-0.25, -0.2) is 0 Å². The number of benzene rings is 1. The summed E-state index contributed by atoms with van der Waals surface area (Å²) in [7, 11) is 0. The van der Waals surface area contributed by atoms with Crippen LogP contribution in [0.2, 0.25) is 0 Å². The summed E-state index contributed by atoms with van der Waals surface area (Å²) in [6, 6.07) is 4.22. The van der Waals surface area contributed by atoms with Crippen LogP contribution in [0.5, 0.6) is 5.75 Å². The Morgan fingerprint density at radius 1 is 1.04 bits per heavy atom. The second-order valence-electron chi connectivity index (χ2n) is 4.92. The number of rotatable bonds is 7. The highest BCUT2D eigenvalue weighted by Gasteiger charge is 2.30. The van der Waals surface area contributed by atoms with Crippen molar-refractivity contribution in [3.05, 3.63) is 29.8 Å². The fraction of sp³-hybridized carbons (Fsp3) is 0.533. The van der Waals surface area contributed by atoms with Gasteiger partial charge in [0, 0.05) is 6.54 Å². The van der Waals surface area contributed by atoms with Gasteiger partial charge < -0.3 is 15.4 Å². The summed E-state index contributed by atoms with van der Waals surface area (Å²) in [6.07, 6.45) is -9.70. The average molecular weight is 499 g/mol. The summed E-state index contributed by atoms with van der Waals surface area (Å²) >= 11 is 0. The molecule has 0 aliphatic heterocycles. The molecule has 0 aliphatic carbocycles. The number of hydrogen-bond donors (Lipinski definition) is 2. The molecule has 0 bridgehead atoms. The van der Waals surface area contributed by atoms with Gasteiger partial charge in [-0.3, -0.25) is 4.99 Å². The van der Waals surface area contributed by atoms with Gasteiger partial charge in [0.15, 0.2) is 5.96 Å². The third-order valence-corrected chi connectivity index (χ3v) is 2.85. The van der Waals surface area contributed by atoms with Crippen LogP contribution in [0.15, 0.2) is 29.3 Å². The number of alkyl halides is 6. The van der Waals surface area contributed by atoms with Crippen molar-refractivity contribution in [2.45, 2.75) is 25.7 Å². The highest BCUT2D eigenvalue weighted by molar-refractivity contribution is 14.0. The Kier molecular flexibility index (Phi) is 10.7. The number of aliphatic imine (C=N–C) groups is 1. The van der Waals surface area contributed by atoms with E-state index in [2.05, 4.69) is 15.6 Å². The third-order valence-electron chi connectivity index (χ3n) is 2.85. The van der Waals surface area contributed by atoms with E-state index in [-0.39, 0.29) is 48.8 Å². The number of hydrogen-bond acceptors (Lipinski definition) is 2. The van der Waals surface area contributed by atoms with Crippen molar-refractivity contribution in [3.63, 3.8) is 0 Å². The minimum atomic E-state index is -4.41. The first-order chi connectivity index (χ1) is 11.6. The van der Waals surface area contributed by atoms with Crippen molar-refractivity contribution in [2.24, 2.45) is 4.99 Å². The van der Waals surface area contributed by atoms with Crippen molar-refractivity contribution >= 4 is 29.9 Å². The molecule has 150 valence electrons. The molecule has 0 aliphatic rings. The second-order valence-corrected chi connectivity index (χ2v) is 4.92. The maximum atomic E-state index is 12.4. The molecule has 0 fully saturated rings. The van der Waals surface area contributed by atoms with Crippen LogP contribution in [0.1, 0.15) is 18.9 Å². The first-order valence-electron chi connectivity index (χ1n) is 7.51. The van der Waals surface area contributed by atoms with E-state index in [1.54, 1.807) is 6.92 Å². The number of halogens is 7. The van der Waals surface area contributed by atoms with Crippen LogP contribution in [0.4, 0.5) is 26.3 Å². The molecule has 2 N–H and O–H groups in total. The summed E-state index contributed by atoms with van der Waals surface area (Å²) in [6.45, 7) is 2.16. The Hall–Kier alpha value is -1.40. The Balaban J connectivity index is 0.00000625. The van der Waals surface area contributed by atoms with E-state index in [1.165, 1.54) is 12.1 Å². The van der Waals surface area contributed by atoms with Crippen LogP contribution in [0, 0.1) is 0 Å². The predicted molar refractivity (Wildman–Crippen MR) is 97.0 cm³/mol. The van der Waals surface area contributed by atoms with Crippen molar-refractivity contribution in [1.29, 1.82) is 0 Å². The normalized spacial score (nSPS) is 12.3. The number of nitrogens with zero attached hydrogens (tertiary/aromatic N) is 1. The summed E-state index contributed by atoms with van der Waals surface area (Å²) in [5.41, 5.74) is -0.774. The Labute approximate surface area is 164 Å². The predicted octanol–water partition coefficient (Wildman–Crippen LogP) is 4.21. The quantitative estimate of drug-likeness (QED) is 0.194. The smallest absolute Gasteiger partial charge is 0.416 e. The summed E-state index contributed by atoms with van der Waals surface area (Å²) in [5, 5.41) is 5.56. The zero-order valence-corrected chi connectivity index (χ0v) is 16.2. The van der Waals surface area contributed by atoms with Crippen molar-refractivity contribution in [3.8, 4) is 5.75 Å². The molecule has 0 aromatic heterocycles. The lowest BCUT2D eigenvalue weighted by atomic mass is 10.2. The van der Waals surface area contributed by atoms with Crippen molar-refractivity contribution < 1.29 is 31.1 Å². The van der Waals surface area contributed by atoms with E-state index in [1.807, 2.05) is 0 Å². The van der Waals surface area contributed by atoms with Gasteiger partial charge in [0.2, 0.25) is 0 Å². The SMILES string of the molecule is CCNC(=NCCC(F)(F)F)NCCOc1ccc(C(F)(F)F)cc1.I. The molecular weight excluding hydrogens is 479 g/mol. The topological polar surface area (TPSA) is 45.7 Å². The molecule has 4 nitrogen and oxygen atoms in total. The average Bonchev–Trinajstić information content (AvgIpc) is 2.50. The molecule has 1 rings (SSSR count). The van der Waals surface area contributed by atoms with Crippen LogP contribution in [0.3, 0.4) is 0 Å². The lowest BCUT2D eigenvalue weighted by molar-refractivity contribution is -0.137. The molecule has 0 spiro atoms. The molecule has 11 heteroatoms. The number of nitrogens with one attached hydrogen (secondary N) is 2. The summed E-state index contributed by atoms with van der Waals surface area (Å²) < 4.78 is 78.8. The van der Waals surface area contributed by atoms with E-state index in [4.69, 9.17) is 4.74 Å². The molecule has 0 radical (unpaired) electrons. The molecule has 0 heterocycles. The van der Waals surface area contributed by atoms with Gasteiger partial charge in [0.05, 0.1) is 25.1 Å². The molecule has 26 heavy (non-hydrogen) atoms. The fourth-order valence-electron chi connectivity index (χ4n) is 1.71. The lowest BCUT2D eigenvalue weighted by Gasteiger charge is -2.13. The second kappa shape index (κ2) is 11.3. The van der Waals surface area contributed by atoms with Crippen molar-refractivity contribution in [2.75, 3.05) is 26.2 Å². The largest absolute Gasteiger partial charge is 0.492 e. The maximum Gasteiger partial charge on any atom is 0.416 e. The molecule has 0 amide bonds. The van der Waals surface area contributed by atoms with Crippen molar-refractivity contribution in [1.82, 2.24) is 10.6 Å². The molecule has 0 saturated heterocycles. The minimum absolute atomic E-state index is 0. The van der Waals surface area contributed by atoms with Gasteiger partial charge in [0.25, 0.3) is 0 Å². The molecule has 0 saturated carbocycles. The van der Waals surface area contributed by atoms with E-state index >= 15 is 0 Å². The Morgan fingerprint density at radius 3 is 2.15 bits per heavy atom. The van der Waals surface area contributed by atoms with E-state index in [0.717, 1.165) is 12.1 Å². The number of guanidine groups is 1. The van der Waals surface area contributed by atoms with E-state index in [0.29, 0.717) is 6.54 Å². The number of ether oxygens (including phenoxy) is 1. The molecule has 0 atom stereocenters. The van der Waals surface area contributed by atoms with E-state index in [9.17, 15) is 26.3 Å². The first-order valence-corrected chi connectivity index (χ1v) is 7.51. The molecule has 1 aromatic carbocycles. The lowest BCUT2D eigenvalue weighted by Crippen LogP contribution is -2.39. The van der Waals surface area contributed by atoms with Gasteiger partial charge in [-0.1, -0.05) is 0 Å². The van der Waals surface area contributed by atoms with Crippen LogP contribution in [-0.4, -0.2) is 38.4 Å². The maximum absolute atomic E-state index is 12.4. The monoisotopic (exact) mass is 499 g/mol. The zero-order chi connectivity index (χ0) is 18.9. The minimum Gasteiger partial charge on any atom is -0.492 e. The fourth-order valence-corrected chi connectivity index (χ4v) is 1.71. The zero-order valence-electron chi connectivity index (χ0n) is 13.9. The molecular formula is C15H20F6IN3O. The Morgan fingerprint density at radius 2 is 1.65 bits per heavy atom. The van der Waals surface area contributed by atoms with Gasteiger partial charge in [0.1, 0.15) is 12.4 Å². The summed E-state index contributed by atoms with van der Waals surface area (Å²) in [5.74, 6) is 0.469. The third kappa shape index (κ3) is 10.6. The van der Waals surface area contributed by atoms with Gasteiger partial charge in [-0.2, -0.15) is 26.3 Å². The summed E-state index contributed by atoms with van der Waals surface area (Å²) in [4.78, 5) is 3.78. The van der Waals surface area contributed by atoms with Crippen LogP contribution in [0.25, 0.3) is 0 Å². The highest BCUT2D eigenvalue weighted by atomic mass is 127. The molecule has 0 unspecified atom stereocenters. The molecule has 1 aromatic rings.